The van der Waals surface area contributed by atoms with Crippen molar-refractivity contribution in [1.82, 2.24) is 0 Å². The Labute approximate surface area is 121 Å². The summed E-state index contributed by atoms with van der Waals surface area (Å²) in [5, 5.41) is 0. The largest absolute Gasteiger partial charge is 0.460 e. The first-order valence-electron chi connectivity index (χ1n) is 5.62. The summed E-state index contributed by atoms with van der Waals surface area (Å²) in [5.41, 5.74) is 6.41. The number of carbonyl (C=O) groups is 1. The number of benzene rings is 1. The lowest BCUT2D eigenvalue weighted by Crippen LogP contribution is -2.34. The maximum atomic E-state index is 11.5. The number of ether oxygens (including phenoxy) is 1. The molecule has 0 aromatic heterocycles. The van der Waals surface area contributed by atoms with Gasteiger partial charge in [-0.3, -0.25) is 4.79 Å². The number of carbonyl (C=O) groups excluding carboxylic acids is 1. The fraction of sp³-hybridized carbons (Fsp3) is 0.417. The van der Waals surface area contributed by atoms with Crippen molar-refractivity contribution in [3.63, 3.8) is 0 Å². The molecule has 0 fully saturated rings. The summed E-state index contributed by atoms with van der Waals surface area (Å²) in [5.74, 6) is -0.715. The molecule has 106 valence electrons. The summed E-state index contributed by atoms with van der Waals surface area (Å²) in [7, 11) is -3.12. The smallest absolute Gasteiger partial charge is 0.323 e. The van der Waals surface area contributed by atoms with Gasteiger partial charge in [0.05, 0.1) is 5.75 Å². The third-order valence-electron chi connectivity index (χ3n) is 2.40. The molecule has 1 atom stereocenters. The number of nitrogens with two attached hydrogens (primary N) is 1. The number of hydrogen-bond acceptors (Lipinski definition) is 5. The number of sulfone groups is 1. The molecule has 0 aliphatic heterocycles. The highest BCUT2D eigenvalue weighted by Crippen LogP contribution is 2.11. The average Bonchev–Trinajstić information content (AvgIpc) is 2.34. The van der Waals surface area contributed by atoms with Crippen molar-refractivity contribution in [2.75, 3.05) is 12.0 Å². The molecule has 1 unspecified atom stereocenters. The summed E-state index contributed by atoms with van der Waals surface area (Å²) < 4.78 is 27.9. The van der Waals surface area contributed by atoms with Crippen LogP contribution in [-0.2, 0) is 26.0 Å². The zero-order valence-electron chi connectivity index (χ0n) is 10.5. The second kappa shape index (κ2) is 7.02. The molecule has 5 nitrogen and oxygen atoms in total. The lowest BCUT2D eigenvalue weighted by atomic mass is 10.2. The summed E-state index contributed by atoms with van der Waals surface area (Å²) >= 11 is 3.30. The van der Waals surface area contributed by atoms with Crippen molar-refractivity contribution >= 4 is 31.7 Å². The maximum absolute atomic E-state index is 11.5. The molecule has 1 rings (SSSR count). The van der Waals surface area contributed by atoms with E-state index in [1.165, 1.54) is 0 Å². The quantitative estimate of drug-likeness (QED) is 0.781. The van der Waals surface area contributed by atoms with E-state index in [2.05, 4.69) is 15.9 Å². The first-order chi connectivity index (χ1) is 8.78. The third-order valence-corrected chi connectivity index (χ3v) is 3.90. The van der Waals surface area contributed by atoms with E-state index in [0.717, 1.165) is 16.3 Å². The average molecular weight is 350 g/mol. The van der Waals surface area contributed by atoms with Gasteiger partial charge >= 0.3 is 5.97 Å². The van der Waals surface area contributed by atoms with Crippen LogP contribution in [-0.4, -0.2) is 32.4 Å². The van der Waals surface area contributed by atoms with Crippen molar-refractivity contribution in [2.45, 2.75) is 19.1 Å². The van der Waals surface area contributed by atoms with Crippen molar-refractivity contribution in [3.8, 4) is 0 Å². The molecule has 0 aliphatic carbocycles. The van der Waals surface area contributed by atoms with Crippen molar-refractivity contribution in [2.24, 2.45) is 5.73 Å². The van der Waals surface area contributed by atoms with Crippen molar-refractivity contribution in [3.05, 3.63) is 34.3 Å². The zero-order valence-corrected chi connectivity index (χ0v) is 12.9. The molecule has 0 amide bonds. The molecular weight excluding hydrogens is 334 g/mol. The van der Waals surface area contributed by atoms with Crippen molar-refractivity contribution in [1.29, 1.82) is 0 Å². The second-order valence-corrected chi connectivity index (χ2v) is 7.43. The van der Waals surface area contributed by atoms with Crippen LogP contribution < -0.4 is 5.73 Å². The van der Waals surface area contributed by atoms with E-state index in [1.807, 2.05) is 24.3 Å². The monoisotopic (exact) mass is 349 g/mol. The maximum Gasteiger partial charge on any atom is 0.323 e. The molecule has 7 heteroatoms. The van der Waals surface area contributed by atoms with Gasteiger partial charge < -0.3 is 10.5 Å². The summed E-state index contributed by atoms with van der Waals surface area (Å²) in [6.45, 7) is 0.124. The van der Waals surface area contributed by atoms with Crippen molar-refractivity contribution < 1.29 is 17.9 Å². The van der Waals surface area contributed by atoms with Gasteiger partial charge in [0, 0.05) is 10.7 Å². The Balaban J connectivity index is 2.40. The minimum Gasteiger partial charge on any atom is -0.460 e. The molecule has 0 saturated carbocycles. The third kappa shape index (κ3) is 6.70. The molecule has 2 N–H and O–H groups in total. The highest BCUT2D eigenvalue weighted by Gasteiger charge is 2.17. The van der Waals surface area contributed by atoms with Crippen LogP contribution in [0.1, 0.15) is 12.0 Å². The molecule has 1 aromatic carbocycles. The number of esters is 1. The standard InChI is InChI=1S/C12H16BrNO4S/c1-19(16,17)7-6-11(14)12(15)18-8-9-2-4-10(13)5-3-9/h2-5,11H,6-8,14H2,1H3. The fourth-order valence-corrected chi connectivity index (χ4v) is 2.25. The van der Waals surface area contributed by atoms with E-state index in [9.17, 15) is 13.2 Å². The van der Waals surface area contributed by atoms with Gasteiger partial charge in [0.25, 0.3) is 0 Å². The van der Waals surface area contributed by atoms with Gasteiger partial charge in [-0.1, -0.05) is 28.1 Å². The molecule has 1 aromatic rings. The number of hydrogen-bond donors (Lipinski definition) is 1. The van der Waals surface area contributed by atoms with Crippen LogP contribution in [0.4, 0.5) is 0 Å². The SMILES string of the molecule is CS(=O)(=O)CCC(N)C(=O)OCc1ccc(Br)cc1. The van der Waals surface area contributed by atoms with Gasteiger partial charge in [0.2, 0.25) is 0 Å². The second-order valence-electron chi connectivity index (χ2n) is 4.26. The number of halogens is 1. The van der Waals surface area contributed by atoms with Gasteiger partial charge in [-0.05, 0) is 24.1 Å². The predicted molar refractivity (Wildman–Crippen MR) is 76.2 cm³/mol. The Kier molecular flexibility index (Phi) is 5.96. The van der Waals surface area contributed by atoms with Crippen LogP contribution in [0.5, 0.6) is 0 Å². The highest BCUT2D eigenvalue weighted by atomic mass is 79.9. The summed E-state index contributed by atoms with van der Waals surface area (Å²) in [6, 6.07) is 6.41. The van der Waals surface area contributed by atoms with E-state index in [0.29, 0.717) is 0 Å². The molecule has 0 saturated heterocycles. The van der Waals surface area contributed by atoms with Gasteiger partial charge in [0.15, 0.2) is 0 Å². The zero-order chi connectivity index (χ0) is 14.5. The minimum atomic E-state index is -3.12. The molecule has 0 spiro atoms. The van der Waals surface area contributed by atoms with E-state index in [4.69, 9.17) is 10.5 Å². The van der Waals surface area contributed by atoms with E-state index in [1.54, 1.807) is 0 Å². The Bertz CT molecular complexity index is 527. The minimum absolute atomic E-state index is 0.0675. The molecule has 0 bridgehead atoms. The van der Waals surface area contributed by atoms with Crippen LogP contribution in [0.15, 0.2) is 28.7 Å². The highest BCUT2D eigenvalue weighted by molar-refractivity contribution is 9.10. The summed E-state index contributed by atoms with van der Waals surface area (Å²) in [4.78, 5) is 11.5. The first-order valence-corrected chi connectivity index (χ1v) is 8.47. The van der Waals surface area contributed by atoms with Crippen LogP contribution in [0.2, 0.25) is 0 Å². The lowest BCUT2D eigenvalue weighted by Gasteiger charge is -2.11. The van der Waals surface area contributed by atoms with E-state index < -0.39 is 21.8 Å². The van der Waals surface area contributed by atoms with Gasteiger partial charge in [-0.2, -0.15) is 0 Å². The van der Waals surface area contributed by atoms with Gasteiger partial charge in [0.1, 0.15) is 22.5 Å². The Morgan fingerprint density at radius 3 is 2.47 bits per heavy atom. The topological polar surface area (TPSA) is 86.5 Å². The van der Waals surface area contributed by atoms with Crippen LogP contribution >= 0.6 is 15.9 Å². The van der Waals surface area contributed by atoms with Crippen LogP contribution in [0.3, 0.4) is 0 Å². The first kappa shape index (κ1) is 16.1. The van der Waals surface area contributed by atoms with E-state index in [-0.39, 0.29) is 18.8 Å². The normalized spacial score (nSPS) is 13.0. The van der Waals surface area contributed by atoms with Gasteiger partial charge in [-0.15, -0.1) is 0 Å². The molecule has 0 radical (unpaired) electrons. The van der Waals surface area contributed by atoms with Gasteiger partial charge in [-0.25, -0.2) is 8.42 Å². The molecule has 19 heavy (non-hydrogen) atoms. The van der Waals surface area contributed by atoms with Crippen LogP contribution in [0, 0.1) is 0 Å². The molecule has 0 aliphatic rings. The molecule has 0 heterocycles. The lowest BCUT2D eigenvalue weighted by molar-refractivity contribution is -0.146. The van der Waals surface area contributed by atoms with E-state index >= 15 is 0 Å². The number of rotatable bonds is 6. The van der Waals surface area contributed by atoms with Crippen LogP contribution in [0.25, 0.3) is 0 Å². The fourth-order valence-electron chi connectivity index (χ4n) is 1.30. The summed E-state index contributed by atoms with van der Waals surface area (Å²) in [6.07, 6.45) is 1.17. The Hall–Kier alpha value is -0.920. The Morgan fingerprint density at radius 1 is 1.37 bits per heavy atom. The Morgan fingerprint density at radius 2 is 1.95 bits per heavy atom. The predicted octanol–water partition coefficient (Wildman–Crippen LogP) is 1.25. The molecular formula is C12H16BrNO4S.